The second-order valence-corrected chi connectivity index (χ2v) is 10.0. The molecular formula is C18H23NO5S2. The van der Waals surface area contributed by atoms with Crippen molar-refractivity contribution < 1.29 is 22.7 Å². The number of hydrogen-bond acceptors (Lipinski definition) is 6. The molecule has 1 heterocycles. The van der Waals surface area contributed by atoms with Crippen molar-refractivity contribution >= 4 is 33.0 Å². The highest BCUT2D eigenvalue weighted by Crippen LogP contribution is 2.42. The third-order valence-corrected chi connectivity index (χ3v) is 6.76. The molecule has 0 radical (unpaired) electrons. The van der Waals surface area contributed by atoms with Crippen LogP contribution in [0, 0.1) is 0 Å². The number of thiophene rings is 1. The lowest BCUT2D eigenvalue weighted by Crippen LogP contribution is -2.33. The first-order valence-corrected chi connectivity index (χ1v) is 10.4. The Morgan fingerprint density at radius 3 is 2.50 bits per heavy atom. The van der Waals surface area contributed by atoms with E-state index in [1.54, 1.807) is 40.9 Å². The Morgan fingerprint density at radius 2 is 1.92 bits per heavy atom. The molecule has 0 saturated heterocycles. The maximum Gasteiger partial charge on any atom is 0.311 e. The van der Waals surface area contributed by atoms with E-state index in [0.717, 1.165) is 10.4 Å². The molecular weight excluding hydrogens is 374 g/mol. The first kappa shape index (κ1) is 20.3. The molecule has 2 rings (SSSR count). The van der Waals surface area contributed by atoms with Crippen molar-refractivity contribution in [2.24, 2.45) is 0 Å². The Kier molecular flexibility index (Phi) is 5.98. The van der Waals surface area contributed by atoms with Crippen molar-refractivity contribution in [2.45, 2.75) is 38.9 Å². The van der Waals surface area contributed by atoms with Crippen molar-refractivity contribution in [2.75, 3.05) is 11.8 Å². The first-order valence-electron chi connectivity index (χ1n) is 8.08. The number of rotatable bonds is 6. The second kappa shape index (κ2) is 7.67. The predicted octanol–water partition coefficient (Wildman–Crippen LogP) is 4.28. The Hall–Kier alpha value is -2.06. The molecule has 0 unspecified atom stereocenters. The Balaban J connectivity index is 2.48. The lowest BCUT2D eigenvalue weighted by molar-refractivity contribution is -0.133. The Morgan fingerprint density at radius 1 is 1.23 bits per heavy atom. The summed E-state index contributed by atoms with van der Waals surface area (Å²) in [5.41, 5.74) is 1.09. The van der Waals surface area contributed by atoms with Crippen LogP contribution in [0.2, 0.25) is 0 Å². The van der Waals surface area contributed by atoms with Gasteiger partial charge in [-0.3, -0.25) is 9.52 Å². The molecule has 142 valence electrons. The van der Waals surface area contributed by atoms with E-state index in [0.29, 0.717) is 5.75 Å². The zero-order valence-electron chi connectivity index (χ0n) is 15.5. The van der Waals surface area contributed by atoms with Gasteiger partial charge in [0.1, 0.15) is 11.4 Å². The summed E-state index contributed by atoms with van der Waals surface area (Å²) < 4.78 is 37.1. The van der Waals surface area contributed by atoms with Crippen LogP contribution < -0.4 is 14.2 Å². The third-order valence-electron chi connectivity index (χ3n) is 3.60. The number of ether oxygens (including phenoxy) is 2. The van der Waals surface area contributed by atoms with Crippen LogP contribution in [0.15, 0.2) is 30.3 Å². The molecule has 6 nitrogen and oxygen atoms in total. The summed E-state index contributed by atoms with van der Waals surface area (Å²) in [6.07, 6.45) is 0.192. The maximum atomic E-state index is 12.5. The van der Waals surface area contributed by atoms with Crippen LogP contribution in [0.1, 0.15) is 34.1 Å². The molecule has 8 heteroatoms. The molecule has 1 aromatic heterocycles. The zero-order valence-corrected chi connectivity index (χ0v) is 17.1. The Bertz CT molecular complexity index is 895. The fourth-order valence-corrected chi connectivity index (χ4v) is 3.70. The van der Waals surface area contributed by atoms with Gasteiger partial charge in [-0.25, -0.2) is 8.42 Å². The average Bonchev–Trinajstić information content (AvgIpc) is 2.95. The number of hydrogen-bond donors (Lipinski definition) is 1. The molecule has 0 spiro atoms. The number of benzene rings is 1. The average molecular weight is 398 g/mol. The third kappa shape index (κ3) is 4.56. The highest BCUT2D eigenvalue weighted by Gasteiger charge is 2.31. The number of carbonyl (C=O) groups is 1. The fraction of sp³-hybridized carbons (Fsp3) is 0.389. The quantitative estimate of drug-likeness (QED) is 0.736. The minimum absolute atomic E-state index is 0.192. The van der Waals surface area contributed by atoms with Gasteiger partial charge < -0.3 is 9.47 Å². The van der Waals surface area contributed by atoms with Gasteiger partial charge in [0, 0.05) is 11.3 Å². The summed E-state index contributed by atoms with van der Waals surface area (Å²) in [5, 5.41) is 0.225. The molecule has 1 aromatic carbocycles. The van der Waals surface area contributed by atoms with Gasteiger partial charge in [-0.2, -0.15) is 0 Å². The van der Waals surface area contributed by atoms with E-state index in [1.807, 2.05) is 24.3 Å². The van der Waals surface area contributed by atoms with Crippen molar-refractivity contribution in [3.05, 3.63) is 30.3 Å². The maximum absolute atomic E-state index is 12.5. The largest absolute Gasteiger partial charge is 0.497 e. The smallest absolute Gasteiger partial charge is 0.311 e. The minimum atomic E-state index is -3.66. The lowest BCUT2D eigenvalue weighted by Gasteiger charge is -2.20. The topological polar surface area (TPSA) is 81.7 Å². The van der Waals surface area contributed by atoms with Crippen LogP contribution in [0.25, 0.3) is 10.4 Å². The van der Waals surface area contributed by atoms with Gasteiger partial charge in [0.25, 0.3) is 0 Å². The molecule has 0 aliphatic carbocycles. The van der Waals surface area contributed by atoms with Crippen molar-refractivity contribution in [3.63, 3.8) is 0 Å². The normalized spacial score (nSPS) is 11.9. The summed E-state index contributed by atoms with van der Waals surface area (Å²) in [5.74, 6) is 0.250. The first-order chi connectivity index (χ1) is 12.1. The van der Waals surface area contributed by atoms with E-state index in [9.17, 15) is 13.2 Å². The van der Waals surface area contributed by atoms with E-state index in [4.69, 9.17) is 9.47 Å². The zero-order chi connectivity index (χ0) is 19.5. The van der Waals surface area contributed by atoms with E-state index in [2.05, 4.69) is 4.72 Å². The molecule has 0 bridgehead atoms. The Labute approximate surface area is 158 Å². The molecule has 0 amide bonds. The van der Waals surface area contributed by atoms with E-state index >= 15 is 0 Å². The molecule has 0 saturated carbocycles. The van der Waals surface area contributed by atoms with Gasteiger partial charge in [0.15, 0.2) is 0 Å². The summed E-state index contributed by atoms with van der Waals surface area (Å²) in [7, 11) is -2.08. The van der Waals surface area contributed by atoms with Crippen LogP contribution in [0.3, 0.4) is 0 Å². The van der Waals surface area contributed by atoms with Crippen molar-refractivity contribution in [1.29, 1.82) is 0 Å². The van der Waals surface area contributed by atoms with Crippen LogP contribution in [0.5, 0.6) is 10.8 Å². The van der Waals surface area contributed by atoms with Crippen molar-refractivity contribution in [1.82, 2.24) is 0 Å². The summed E-state index contributed by atoms with van der Waals surface area (Å²) in [4.78, 5) is 12.5. The van der Waals surface area contributed by atoms with Gasteiger partial charge in [-0.1, -0.05) is 30.4 Å². The van der Waals surface area contributed by atoms with Crippen LogP contribution in [0.4, 0.5) is 5.69 Å². The monoisotopic (exact) mass is 397 g/mol. The molecule has 26 heavy (non-hydrogen) atoms. The molecule has 0 aliphatic heterocycles. The predicted molar refractivity (Wildman–Crippen MR) is 105 cm³/mol. The summed E-state index contributed by atoms with van der Waals surface area (Å²) in [6, 6.07) is 9.03. The van der Waals surface area contributed by atoms with Gasteiger partial charge in [0.05, 0.1) is 11.9 Å². The summed E-state index contributed by atoms with van der Waals surface area (Å²) >= 11 is 1.20. The number of carbonyl (C=O) groups excluding carboxylic acids is 1. The van der Waals surface area contributed by atoms with Gasteiger partial charge in [-0.05, 0) is 44.5 Å². The number of sulfonamides is 1. The van der Waals surface area contributed by atoms with E-state index < -0.39 is 20.7 Å². The van der Waals surface area contributed by atoms with E-state index in [1.165, 1.54) is 11.3 Å². The fourth-order valence-electron chi connectivity index (χ4n) is 1.91. The lowest BCUT2D eigenvalue weighted by atomic mass is 10.2. The number of methoxy groups -OCH3 is 1. The summed E-state index contributed by atoms with van der Waals surface area (Å²) in [6.45, 7) is 6.48. The highest BCUT2D eigenvalue weighted by molar-refractivity contribution is 7.94. The SMILES string of the molecule is CCC(=O)Oc1sc(-c2cccc(OC)c2)cc1NS(=O)(=O)C(C)(C)C. The standard InChI is InChI=1S/C18H23NO5S2/c1-6-16(20)24-17-14(19-26(21,22)18(2,3)4)11-15(25-17)12-8-7-9-13(10-12)23-5/h7-11,19H,6H2,1-5H3. The van der Waals surface area contributed by atoms with Crippen LogP contribution >= 0.6 is 11.3 Å². The van der Waals surface area contributed by atoms with Crippen molar-refractivity contribution in [3.8, 4) is 21.3 Å². The molecule has 0 atom stereocenters. The van der Waals surface area contributed by atoms with Gasteiger partial charge in [0.2, 0.25) is 15.1 Å². The molecule has 0 aliphatic rings. The highest BCUT2D eigenvalue weighted by atomic mass is 32.2. The molecule has 1 N–H and O–H groups in total. The number of nitrogens with one attached hydrogen (secondary N) is 1. The number of esters is 1. The van der Waals surface area contributed by atoms with Crippen LogP contribution in [-0.4, -0.2) is 26.2 Å². The van der Waals surface area contributed by atoms with Gasteiger partial charge in [-0.15, -0.1) is 0 Å². The van der Waals surface area contributed by atoms with Crippen LogP contribution in [-0.2, 0) is 14.8 Å². The molecule has 2 aromatic rings. The second-order valence-electron chi connectivity index (χ2n) is 6.59. The van der Waals surface area contributed by atoms with Gasteiger partial charge >= 0.3 is 5.97 Å². The molecule has 0 fully saturated rings. The number of anilines is 1. The minimum Gasteiger partial charge on any atom is -0.497 e. The van der Waals surface area contributed by atoms with E-state index in [-0.39, 0.29) is 17.2 Å².